The van der Waals surface area contributed by atoms with Crippen molar-refractivity contribution in [2.45, 2.75) is 0 Å². The van der Waals surface area contributed by atoms with Gasteiger partial charge in [-0.1, -0.05) is 0 Å². The average Bonchev–Trinajstić information content (AvgIpc) is 1.69. The van der Waals surface area contributed by atoms with Gasteiger partial charge in [-0.3, -0.25) is 4.99 Å². The van der Waals surface area contributed by atoms with Crippen molar-refractivity contribution in [3.8, 4) is 0 Å². The maximum atomic E-state index is 7.01. The van der Waals surface area contributed by atoms with E-state index in [4.69, 9.17) is 5.41 Å². The molecule has 0 aromatic rings. The molecule has 0 aromatic carbocycles. The lowest BCUT2D eigenvalue weighted by Gasteiger charge is -2.04. The van der Waals surface area contributed by atoms with E-state index in [1.807, 2.05) is 0 Å². The van der Waals surface area contributed by atoms with Crippen molar-refractivity contribution in [2.75, 3.05) is 13.1 Å². The molecule has 0 amide bonds. The summed E-state index contributed by atoms with van der Waals surface area (Å²) in [6.07, 6.45) is 1.64. The highest BCUT2D eigenvalue weighted by molar-refractivity contribution is 5.89. The molecule has 1 heterocycles. The van der Waals surface area contributed by atoms with Crippen LogP contribution in [0.15, 0.2) is 4.99 Å². The minimum absolute atomic E-state index is 0.576. The highest BCUT2D eigenvalue weighted by Crippen LogP contribution is 1.76. The molecule has 0 radical (unpaired) electrons. The quantitative estimate of drug-likeness (QED) is 0.426. The molecule has 38 valence electrons. The minimum Gasteiger partial charge on any atom is -0.371 e. The maximum absolute atomic E-state index is 7.01. The van der Waals surface area contributed by atoms with Crippen LogP contribution in [0.3, 0.4) is 0 Å². The summed E-state index contributed by atoms with van der Waals surface area (Å²) in [6.45, 7) is 1.25. The Bertz CT molecular complexity index is 106. The Morgan fingerprint density at radius 1 is 1.86 bits per heavy atom. The van der Waals surface area contributed by atoms with Gasteiger partial charge in [0.1, 0.15) is 0 Å². The smallest absolute Gasteiger partial charge is 0.0831 e. The zero-order valence-corrected chi connectivity index (χ0v) is 3.94. The molecule has 0 saturated heterocycles. The largest absolute Gasteiger partial charge is 0.371 e. The molecule has 3 nitrogen and oxygen atoms in total. The van der Waals surface area contributed by atoms with E-state index in [0.29, 0.717) is 18.8 Å². The van der Waals surface area contributed by atoms with Crippen LogP contribution < -0.4 is 5.32 Å². The summed E-state index contributed by atoms with van der Waals surface area (Å²) in [6, 6.07) is 0. The lowest BCUT2D eigenvalue weighted by molar-refractivity contribution is 1.01. The molecule has 3 heteroatoms. The molecule has 2 N–H and O–H groups in total. The van der Waals surface area contributed by atoms with Gasteiger partial charge in [-0.05, 0) is 0 Å². The van der Waals surface area contributed by atoms with Crippen molar-refractivity contribution in [3.05, 3.63) is 0 Å². The highest BCUT2D eigenvalue weighted by atomic mass is 15.0. The number of nitrogens with zero attached hydrogens (tertiary/aromatic N) is 1. The summed E-state index contributed by atoms with van der Waals surface area (Å²) in [5.74, 6) is 0. The zero-order chi connectivity index (χ0) is 5.11. The SMILES string of the molecule is N=C1CN=CNC1. The van der Waals surface area contributed by atoms with Crippen molar-refractivity contribution in [3.63, 3.8) is 0 Å². The first-order chi connectivity index (χ1) is 3.39. The fourth-order valence-corrected chi connectivity index (χ4v) is 0.445. The van der Waals surface area contributed by atoms with E-state index in [9.17, 15) is 0 Å². The van der Waals surface area contributed by atoms with Crippen molar-refractivity contribution >= 4 is 12.1 Å². The predicted octanol–water partition coefficient (Wildman–Crippen LogP) is -0.362. The second-order valence-electron chi connectivity index (χ2n) is 1.45. The third-order valence-electron chi connectivity index (χ3n) is 0.780. The molecule has 0 aliphatic carbocycles. The first-order valence-electron chi connectivity index (χ1n) is 2.17. The molecule has 1 aliphatic rings. The molecule has 0 unspecified atom stereocenters. The van der Waals surface area contributed by atoms with Crippen LogP contribution in [0.25, 0.3) is 0 Å². The standard InChI is InChI=1S/C4H7N3/c5-4-1-6-3-7-2-4/h3,5H,1-2H2,(H,6,7). The molecule has 0 bridgehead atoms. The van der Waals surface area contributed by atoms with Crippen LogP contribution >= 0.6 is 0 Å². The fourth-order valence-electron chi connectivity index (χ4n) is 0.445. The van der Waals surface area contributed by atoms with Gasteiger partial charge in [-0.15, -0.1) is 0 Å². The summed E-state index contributed by atoms with van der Waals surface area (Å²) in [7, 11) is 0. The van der Waals surface area contributed by atoms with Crippen molar-refractivity contribution in [1.29, 1.82) is 5.41 Å². The van der Waals surface area contributed by atoms with Gasteiger partial charge in [0.25, 0.3) is 0 Å². The Morgan fingerprint density at radius 3 is 3.00 bits per heavy atom. The monoisotopic (exact) mass is 97.1 g/mol. The molecule has 0 fully saturated rings. The van der Waals surface area contributed by atoms with Gasteiger partial charge < -0.3 is 10.7 Å². The van der Waals surface area contributed by atoms with E-state index in [1.54, 1.807) is 6.34 Å². The lowest BCUT2D eigenvalue weighted by atomic mass is 10.3. The molecule has 1 rings (SSSR count). The van der Waals surface area contributed by atoms with Crippen LogP contribution in [0.1, 0.15) is 0 Å². The Kier molecular flexibility index (Phi) is 1.06. The van der Waals surface area contributed by atoms with Gasteiger partial charge in [0.05, 0.1) is 19.4 Å². The van der Waals surface area contributed by atoms with E-state index in [0.717, 1.165) is 0 Å². The topological polar surface area (TPSA) is 48.2 Å². The van der Waals surface area contributed by atoms with Gasteiger partial charge in [-0.2, -0.15) is 0 Å². The molecular weight excluding hydrogens is 90.1 g/mol. The molecule has 7 heavy (non-hydrogen) atoms. The maximum Gasteiger partial charge on any atom is 0.0831 e. The summed E-state index contributed by atoms with van der Waals surface area (Å²) in [4.78, 5) is 3.80. The van der Waals surface area contributed by atoms with Crippen LogP contribution in [0.5, 0.6) is 0 Å². The van der Waals surface area contributed by atoms with Gasteiger partial charge >= 0.3 is 0 Å². The van der Waals surface area contributed by atoms with Gasteiger partial charge in [-0.25, -0.2) is 0 Å². The number of nitrogens with one attached hydrogen (secondary N) is 2. The first kappa shape index (κ1) is 4.30. The van der Waals surface area contributed by atoms with Crippen LogP contribution in [-0.4, -0.2) is 25.1 Å². The number of aliphatic imine (C=N–C) groups is 1. The third kappa shape index (κ3) is 0.994. The second kappa shape index (κ2) is 1.73. The zero-order valence-electron chi connectivity index (χ0n) is 3.94. The molecular formula is C4H7N3. The van der Waals surface area contributed by atoms with Crippen molar-refractivity contribution in [2.24, 2.45) is 4.99 Å². The Morgan fingerprint density at radius 2 is 2.71 bits per heavy atom. The van der Waals surface area contributed by atoms with E-state index in [2.05, 4.69) is 10.3 Å². The minimum atomic E-state index is 0.576. The van der Waals surface area contributed by atoms with E-state index in [-0.39, 0.29) is 0 Å². The van der Waals surface area contributed by atoms with E-state index < -0.39 is 0 Å². The van der Waals surface area contributed by atoms with Gasteiger partial charge in [0, 0.05) is 5.71 Å². The van der Waals surface area contributed by atoms with E-state index >= 15 is 0 Å². The number of hydrogen-bond donors (Lipinski definition) is 2. The summed E-state index contributed by atoms with van der Waals surface area (Å²) in [5.41, 5.74) is 0.655. The van der Waals surface area contributed by atoms with Crippen LogP contribution in [0.2, 0.25) is 0 Å². The van der Waals surface area contributed by atoms with Crippen molar-refractivity contribution in [1.82, 2.24) is 5.32 Å². The summed E-state index contributed by atoms with van der Waals surface area (Å²) in [5, 5.41) is 9.83. The third-order valence-corrected chi connectivity index (χ3v) is 0.780. The Labute approximate surface area is 42.0 Å². The first-order valence-corrected chi connectivity index (χ1v) is 2.17. The molecule has 0 atom stereocenters. The molecule has 0 spiro atoms. The Hall–Kier alpha value is -0.860. The molecule has 1 aliphatic heterocycles. The van der Waals surface area contributed by atoms with E-state index in [1.165, 1.54) is 0 Å². The molecule has 0 saturated carbocycles. The Balaban J connectivity index is 2.47. The number of rotatable bonds is 0. The average molecular weight is 97.1 g/mol. The number of hydrogen-bond acceptors (Lipinski definition) is 3. The predicted molar refractivity (Wildman–Crippen MR) is 29.1 cm³/mol. The summed E-state index contributed by atoms with van der Waals surface area (Å²) >= 11 is 0. The van der Waals surface area contributed by atoms with Gasteiger partial charge in [0.2, 0.25) is 0 Å². The van der Waals surface area contributed by atoms with Crippen LogP contribution in [0.4, 0.5) is 0 Å². The van der Waals surface area contributed by atoms with Crippen LogP contribution in [0, 0.1) is 5.41 Å². The summed E-state index contributed by atoms with van der Waals surface area (Å²) < 4.78 is 0. The molecule has 0 aromatic heterocycles. The van der Waals surface area contributed by atoms with Crippen LogP contribution in [-0.2, 0) is 0 Å². The second-order valence-corrected chi connectivity index (χ2v) is 1.45. The van der Waals surface area contributed by atoms with Crippen molar-refractivity contribution < 1.29 is 0 Å². The van der Waals surface area contributed by atoms with Gasteiger partial charge in [0.15, 0.2) is 0 Å². The highest BCUT2D eigenvalue weighted by Gasteiger charge is 1.95. The lowest BCUT2D eigenvalue weighted by Crippen LogP contribution is -2.27. The normalized spacial score (nSPS) is 19.1. The fraction of sp³-hybridized carbons (Fsp3) is 0.500.